The third-order valence-electron chi connectivity index (χ3n) is 4.31. The van der Waals surface area contributed by atoms with Gasteiger partial charge >= 0.3 is 5.97 Å². The lowest BCUT2D eigenvalue weighted by molar-refractivity contribution is -0.147. The first kappa shape index (κ1) is 24.1. The van der Waals surface area contributed by atoms with Crippen LogP contribution in [0.25, 0.3) is 0 Å². The van der Waals surface area contributed by atoms with Crippen molar-refractivity contribution in [1.29, 1.82) is 0 Å². The first-order valence-electron chi connectivity index (χ1n) is 9.98. The van der Waals surface area contributed by atoms with Crippen LogP contribution in [0.1, 0.15) is 84.0 Å². The summed E-state index contributed by atoms with van der Waals surface area (Å²) in [4.78, 5) is 10.8. The van der Waals surface area contributed by atoms with Gasteiger partial charge in [0.2, 0.25) is 0 Å². The number of hydrogen-bond acceptors (Lipinski definition) is 5. The Morgan fingerprint density at radius 1 is 1.00 bits per heavy atom. The molecule has 0 heterocycles. The first-order valence-corrected chi connectivity index (χ1v) is 9.98. The molecule has 0 fully saturated rings. The van der Waals surface area contributed by atoms with E-state index in [1.807, 2.05) is 6.08 Å². The van der Waals surface area contributed by atoms with Crippen molar-refractivity contribution in [3.63, 3.8) is 0 Å². The Hall–Kier alpha value is -0.910. The van der Waals surface area contributed by atoms with Crippen LogP contribution in [0.5, 0.6) is 0 Å². The summed E-state index contributed by atoms with van der Waals surface area (Å²) in [5, 5.41) is 18.3. The Bertz CT molecular complexity index is 334. The van der Waals surface area contributed by atoms with Crippen LogP contribution in [0.3, 0.4) is 0 Å². The van der Waals surface area contributed by atoms with Crippen LogP contribution in [0.15, 0.2) is 12.2 Å². The summed E-state index contributed by atoms with van der Waals surface area (Å²) in [7, 11) is 0. The molecule has 25 heavy (non-hydrogen) atoms. The van der Waals surface area contributed by atoms with Gasteiger partial charge in [0.05, 0.1) is 12.1 Å². The van der Waals surface area contributed by atoms with Crippen molar-refractivity contribution in [3.05, 3.63) is 12.2 Å². The van der Waals surface area contributed by atoms with Crippen molar-refractivity contribution in [2.24, 2.45) is 5.73 Å². The summed E-state index contributed by atoms with van der Waals surface area (Å²) in [5.41, 5.74) is 5.71. The molecule has 4 N–H and O–H groups in total. The Morgan fingerprint density at radius 2 is 1.52 bits per heavy atom. The number of unbranched alkanes of at least 4 members (excludes halogenated alkanes) is 11. The molecule has 5 heteroatoms. The van der Waals surface area contributed by atoms with Gasteiger partial charge in [-0.15, -0.1) is 0 Å². The third kappa shape index (κ3) is 16.3. The largest absolute Gasteiger partial charge is 0.462 e. The van der Waals surface area contributed by atoms with E-state index in [0.29, 0.717) is 0 Å². The number of carbonyl (C=O) groups is 1. The fraction of sp³-hybridized carbons (Fsp3) is 0.850. The second-order valence-electron chi connectivity index (χ2n) is 6.75. The van der Waals surface area contributed by atoms with E-state index in [1.54, 1.807) is 6.08 Å². The molecule has 0 saturated heterocycles. The molecule has 0 saturated carbocycles. The monoisotopic (exact) mass is 357 g/mol. The predicted molar refractivity (Wildman–Crippen MR) is 102 cm³/mol. The highest BCUT2D eigenvalue weighted by Gasteiger charge is 2.13. The summed E-state index contributed by atoms with van der Waals surface area (Å²) in [5.74, 6) is -0.729. The molecule has 5 nitrogen and oxygen atoms in total. The van der Waals surface area contributed by atoms with Gasteiger partial charge in [0.25, 0.3) is 0 Å². The topological polar surface area (TPSA) is 92.8 Å². The summed E-state index contributed by atoms with van der Waals surface area (Å²) in [6, 6.07) is -0.663. The van der Waals surface area contributed by atoms with Crippen LogP contribution in [-0.2, 0) is 9.53 Å². The zero-order valence-electron chi connectivity index (χ0n) is 16.0. The standard InChI is InChI=1S/C20H39NO4/c1-2-3-4-5-6-7-8-9-10-11-12-13-14-15-19(23)18(21)17-25-20(24)16-22/h14-15,18-19,22-23H,2-13,16-17,21H2,1H3/b15-14+. The van der Waals surface area contributed by atoms with Crippen molar-refractivity contribution in [1.82, 2.24) is 0 Å². The van der Waals surface area contributed by atoms with Crippen molar-refractivity contribution in [2.45, 2.75) is 96.1 Å². The van der Waals surface area contributed by atoms with Crippen molar-refractivity contribution in [2.75, 3.05) is 13.2 Å². The Balaban J connectivity index is 3.43. The van der Waals surface area contributed by atoms with E-state index in [4.69, 9.17) is 10.8 Å². The molecule has 0 aliphatic rings. The maximum Gasteiger partial charge on any atom is 0.331 e. The van der Waals surface area contributed by atoms with Gasteiger partial charge in [-0.1, -0.05) is 83.3 Å². The van der Waals surface area contributed by atoms with Crippen molar-refractivity contribution < 1.29 is 19.7 Å². The highest BCUT2D eigenvalue weighted by molar-refractivity contribution is 5.70. The Morgan fingerprint density at radius 3 is 2.04 bits per heavy atom. The van der Waals surface area contributed by atoms with Crippen LogP contribution >= 0.6 is 0 Å². The fourth-order valence-corrected chi connectivity index (χ4v) is 2.64. The van der Waals surface area contributed by atoms with E-state index in [-0.39, 0.29) is 6.61 Å². The molecule has 0 aromatic heterocycles. The minimum atomic E-state index is -0.834. The molecular formula is C20H39NO4. The van der Waals surface area contributed by atoms with E-state index >= 15 is 0 Å². The molecule has 148 valence electrons. The lowest BCUT2D eigenvalue weighted by Crippen LogP contribution is -2.38. The highest BCUT2D eigenvalue weighted by Crippen LogP contribution is 2.12. The number of aliphatic hydroxyl groups excluding tert-OH is 2. The lowest BCUT2D eigenvalue weighted by Gasteiger charge is -2.15. The number of esters is 1. The zero-order valence-corrected chi connectivity index (χ0v) is 16.0. The minimum Gasteiger partial charge on any atom is -0.462 e. The molecule has 2 atom stereocenters. The van der Waals surface area contributed by atoms with Gasteiger partial charge in [0.1, 0.15) is 13.2 Å². The molecule has 0 aliphatic carbocycles. The van der Waals surface area contributed by atoms with Crippen LogP contribution in [0, 0.1) is 0 Å². The van der Waals surface area contributed by atoms with Crippen LogP contribution < -0.4 is 5.73 Å². The second-order valence-corrected chi connectivity index (χ2v) is 6.75. The van der Waals surface area contributed by atoms with Gasteiger partial charge in [0.15, 0.2) is 0 Å². The molecule has 0 radical (unpaired) electrons. The maximum absolute atomic E-state index is 10.8. The summed E-state index contributed by atoms with van der Waals surface area (Å²) in [6.07, 6.45) is 18.2. The molecule has 0 aromatic carbocycles. The lowest BCUT2D eigenvalue weighted by atomic mass is 10.0. The van der Waals surface area contributed by atoms with E-state index < -0.39 is 24.7 Å². The van der Waals surface area contributed by atoms with Gasteiger partial charge in [-0.3, -0.25) is 0 Å². The number of hydrogen-bond donors (Lipinski definition) is 3. The maximum atomic E-state index is 10.8. The van der Waals surface area contributed by atoms with Crippen molar-refractivity contribution in [3.8, 4) is 0 Å². The summed E-state index contributed by atoms with van der Waals surface area (Å²) >= 11 is 0. The van der Waals surface area contributed by atoms with E-state index in [1.165, 1.54) is 64.2 Å². The van der Waals surface area contributed by atoms with Gasteiger partial charge in [-0.25, -0.2) is 4.79 Å². The number of rotatable bonds is 17. The smallest absolute Gasteiger partial charge is 0.331 e. The average Bonchev–Trinajstić information content (AvgIpc) is 2.62. The zero-order chi connectivity index (χ0) is 18.8. The number of carbonyl (C=O) groups excluding carboxylic acids is 1. The van der Waals surface area contributed by atoms with Crippen LogP contribution in [0.2, 0.25) is 0 Å². The summed E-state index contributed by atoms with van der Waals surface area (Å²) < 4.78 is 4.69. The number of allylic oxidation sites excluding steroid dienone is 1. The minimum absolute atomic E-state index is 0.0939. The van der Waals surface area contributed by atoms with Gasteiger partial charge in [-0.2, -0.15) is 0 Å². The summed E-state index contributed by atoms with van der Waals surface area (Å²) in [6.45, 7) is 1.49. The van der Waals surface area contributed by atoms with Crippen LogP contribution in [0.4, 0.5) is 0 Å². The Kier molecular flexibility index (Phi) is 17.2. The molecule has 2 unspecified atom stereocenters. The highest BCUT2D eigenvalue weighted by atomic mass is 16.5. The molecule has 0 aromatic rings. The molecule has 0 aliphatic heterocycles. The third-order valence-corrected chi connectivity index (χ3v) is 4.31. The second kappa shape index (κ2) is 17.9. The molecule has 0 bridgehead atoms. The molecule has 0 rings (SSSR count). The Labute approximate surface area is 153 Å². The number of nitrogens with two attached hydrogens (primary N) is 1. The van der Waals surface area contributed by atoms with Crippen molar-refractivity contribution >= 4 is 5.97 Å². The van der Waals surface area contributed by atoms with E-state index in [0.717, 1.165) is 12.8 Å². The first-order chi connectivity index (χ1) is 12.1. The predicted octanol–water partition coefficient (Wildman–Crippen LogP) is 3.47. The fourth-order valence-electron chi connectivity index (χ4n) is 2.64. The number of aliphatic hydroxyl groups is 2. The van der Waals surface area contributed by atoms with E-state index in [9.17, 15) is 9.90 Å². The van der Waals surface area contributed by atoms with Gasteiger partial charge in [-0.05, 0) is 12.8 Å². The quantitative estimate of drug-likeness (QED) is 0.211. The van der Waals surface area contributed by atoms with Crippen LogP contribution in [-0.4, -0.2) is 41.5 Å². The SMILES string of the molecule is CCCCCCCCCCCCC/C=C/C(O)C(N)COC(=O)CO. The normalized spacial score (nSPS) is 13.9. The van der Waals surface area contributed by atoms with E-state index in [2.05, 4.69) is 11.7 Å². The average molecular weight is 358 g/mol. The van der Waals surface area contributed by atoms with Gasteiger partial charge < -0.3 is 20.7 Å². The number of ether oxygens (including phenoxy) is 1. The molecule has 0 spiro atoms. The van der Waals surface area contributed by atoms with Gasteiger partial charge in [0, 0.05) is 0 Å². The molecular weight excluding hydrogens is 318 g/mol. The molecule has 0 amide bonds.